The summed E-state index contributed by atoms with van der Waals surface area (Å²) in [6.45, 7) is 2.08. The van der Waals surface area contributed by atoms with E-state index < -0.39 is 0 Å². The predicted octanol–water partition coefficient (Wildman–Crippen LogP) is 2.61. The number of rotatable bonds is 3. The molecule has 0 radical (unpaired) electrons. The van der Waals surface area contributed by atoms with E-state index in [2.05, 4.69) is 5.32 Å². The molecule has 0 aliphatic carbocycles. The molecule has 16 heavy (non-hydrogen) atoms. The van der Waals surface area contributed by atoms with Crippen LogP contribution >= 0.6 is 23.2 Å². The Labute approximate surface area is 106 Å². The first-order valence-corrected chi connectivity index (χ1v) is 6.21. The molecule has 2 nitrogen and oxygen atoms in total. The van der Waals surface area contributed by atoms with E-state index in [0.717, 1.165) is 25.9 Å². The number of benzene rings is 1. The van der Waals surface area contributed by atoms with E-state index in [-0.39, 0.29) is 12.0 Å². The molecular formula is C12H15Cl2NO. The second-order valence-corrected chi connectivity index (χ2v) is 5.12. The van der Waals surface area contributed by atoms with E-state index in [1.807, 2.05) is 18.2 Å². The molecule has 1 fully saturated rings. The summed E-state index contributed by atoms with van der Waals surface area (Å²) in [5, 5.41) is 13.7. The second-order valence-electron chi connectivity index (χ2n) is 4.31. The third-order valence-corrected chi connectivity index (χ3v) is 4.11. The number of aliphatic hydroxyl groups excluding tert-OH is 1. The minimum atomic E-state index is 0.0168. The van der Waals surface area contributed by atoms with Gasteiger partial charge >= 0.3 is 0 Å². The normalized spacial score (nSPS) is 24.9. The van der Waals surface area contributed by atoms with E-state index in [4.69, 9.17) is 23.2 Å². The maximum Gasteiger partial charge on any atom is 0.0595 e. The standard InChI is InChI=1S/C12H15Cl2NO/c13-10-2-1-9(7-11(10)14)12(4-6-16)3-5-15-8-12/h1-2,7,15-16H,3-6,8H2/t12-/m1/s1. The Bertz CT molecular complexity index is 375. The minimum Gasteiger partial charge on any atom is -0.396 e. The van der Waals surface area contributed by atoms with Crippen LogP contribution in [0.4, 0.5) is 0 Å². The van der Waals surface area contributed by atoms with Crippen molar-refractivity contribution < 1.29 is 5.11 Å². The van der Waals surface area contributed by atoms with Crippen molar-refractivity contribution in [3.8, 4) is 0 Å². The highest BCUT2D eigenvalue weighted by Crippen LogP contribution is 2.36. The SMILES string of the molecule is OCC[C@]1(c2ccc(Cl)c(Cl)c2)CCNC1. The summed E-state index contributed by atoms with van der Waals surface area (Å²) in [5.41, 5.74) is 1.18. The van der Waals surface area contributed by atoms with Gasteiger partial charge in [-0.3, -0.25) is 0 Å². The molecule has 0 amide bonds. The van der Waals surface area contributed by atoms with Crippen molar-refractivity contribution in [2.24, 2.45) is 0 Å². The van der Waals surface area contributed by atoms with Gasteiger partial charge in [-0.25, -0.2) is 0 Å². The third-order valence-electron chi connectivity index (χ3n) is 3.37. The van der Waals surface area contributed by atoms with Crippen molar-refractivity contribution in [3.63, 3.8) is 0 Å². The van der Waals surface area contributed by atoms with Crippen molar-refractivity contribution in [2.45, 2.75) is 18.3 Å². The van der Waals surface area contributed by atoms with E-state index in [9.17, 15) is 5.11 Å². The Morgan fingerprint density at radius 3 is 2.69 bits per heavy atom. The molecule has 1 saturated heterocycles. The lowest BCUT2D eigenvalue weighted by molar-refractivity contribution is 0.244. The van der Waals surface area contributed by atoms with Crippen LogP contribution in [0.5, 0.6) is 0 Å². The molecule has 0 unspecified atom stereocenters. The molecule has 1 aliphatic rings. The topological polar surface area (TPSA) is 32.3 Å². The molecular weight excluding hydrogens is 245 g/mol. The number of halogens is 2. The summed E-state index contributed by atoms with van der Waals surface area (Å²) in [7, 11) is 0. The summed E-state index contributed by atoms with van der Waals surface area (Å²) < 4.78 is 0. The zero-order valence-electron chi connectivity index (χ0n) is 8.97. The van der Waals surface area contributed by atoms with E-state index in [1.165, 1.54) is 5.56 Å². The summed E-state index contributed by atoms with van der Waals surface area (Å²) in [4.78, 5) is 0. The summed E-state index contributed by atoms with van der Waals surface area (Å²) in [6, 6.07) is 5.76. The third kappa shape index (κ3) is 2.21. The number of hydrogen-bond donors (Lipinski definition) is 2. The molecule has 1 heterocycles. The van der Waals surface area contributed by atoms with Gasteiger partial charge in [-0.1, -0.05) is 29.3 Å². The largest absolute Gasteiger partial charge is 0.396 e. The maximum atomic E-state index is 9.19. The average Bonchev–Trinajstić information content (AvgIpc) is 2.72. The summed E-state index contributed by atoms with van der Waals surface area (Å²) in [6.07, 6.45) is 1.80. The first-order valence-electron chi connectivity index (χ1n) is 5.45. The Kier molecular flexibility index (Phi) is 3.75. The van der Waals surface area contributed by atoms with Crippen LogP contribution in [0.1, 0.15) is 18.4 Å². The lowest BCUT2D eigenvalue weighted by Gasteiger charge is -2.28. The van der Waals surface area contributed by atoms with Crippen LogP contribution in [0.15, 0.2) is 18.2 Å². The monoisotopic (exact) mass is 259 g/mol. The first kappa shape index (κ1) is 12.2. The van der Waals surface area contributed by atoms with Crippen LogP contribution in [-0.2, 0) is 5.41 Å². The van der Waals surface area contributed by atoms with Gasteiger partial charge in [0.25, 0.3) is 0 Å². The second kappa shape index (κ2) is 4.92. The van der Waals surface area contributed by atoms with Gasteiger partial charge in [0.15, 0.2) is 0 Å². The fourth-order valence-corrected chi connectivity index (χ4v) is 2.69. The molecule has 1 aliphatic heterocycles. The van der Waals surface area contributed by atoms with Crippen LogP contribution in [0.3, 0.4) is 0 Å². The van der Waals surface area contributed by atoms with Gasteiger partial charge < -0.3 is 10.4 Å². The van der Waals surface area contributed by atoms with Crippen molar-refractivity contribution in [3.05, 3.63) is 33.8 Å². The van der Waals surface area contributed by atoms with Gasteiger partial charge in [-0.2, -0.15) is 0 Å². The van der Waals surface area contributed by atoms with Gasteiger partial charge in [0.1, 0.15) is 0 Å². The molecule has 0 spiro atoms. The molecule has 2 N–H and O–H groups in total. The molecule has 1 atom stereocenters. The lowest BCUT2D eigenvalue weighted by atomic mass is 9.77. The predicted molar refractivity (Wildman–Crippen MR) is 67.3 cm³/mol. The van der Waals surface area contributed by atoms with Gasteiger partial charge in [0.05, 0.1) is 10.0 Å². The minimum absolute atomic E-state index is 0.0168. The zero-order valence-corrected chi connectivity index (χ0v) is 10.5. The molecule has 88 valence electrons. The van der Waals surface area contributed by atoms with Crippen LogP contribution < -0.4 is 5.32 Å². The van der Waals surface area contributed by atoms with Crippen LogP contribution in [0, 0.1) is 0 Å². The zero-order chi connectivity index (χ0) is 11.6. The summed E-state index contributed by atoms with van der Waals surface area (Å²) >= 11 is 12.0. The molecule has 1 aromatic rings. The maximum absolute atomic E-state index is 9.19. The van der Waals surface area contributed by atoms with Crippen LogP contribution in [0.2, 0.25) is 10.0 Å². The number of nitrogens with one attached hydrogen (secondary N) is 1. The van der Waals surface area contributed by atoms with Crippen molar-refractivity contribution in [1.82, 2.24) is 5.32 Å². The highest BCUT2D eigenvalue weighted by atomic mass is 35.5. The summed E-state index contributed by atoms with van der Waals surface area (Å²) in [5.74, 6) is 0. The van der Waals surface area contributed by atoms with Gasteiger partial charge in [-0.05, 0) is 37.1 Å². The molecule has 2 rings (SSSR count). The Balaban J connectivity index is 2.35. The Morgan fingerprint density at radius 2 is 2.12 bits per heavy atom. The van der Waals surface area contributed by atoms with Crippen molar-refractivity contribution >= 4 is 23.2 Å². The van der Waals surface area contributed by atoms with Crippen LogP contribution in [0.25, 0.3) is 0 Å². The fraction of sp³-hybridized carbons (Fsp3) is 0.500. The van der Waals surface area contributed by atoms with Crippen molar-refractivity contribution in [2.75, 3.05) is 19.7 Å². The van der Waals surface area contributed by atoms with Crippen LogP contribution in [-0.4, -0.2) is 24.8 Å². The molecule has 4 heteroatoms. The fourth-order valence-electron chi connectivity index (χ4n) is 2.39. The molecule has 0 bridgehead atoms. The lowest BCUT2D eigenvalue weighted by Crippen LogP contribution is -2.30. The number of hydrogen-bond acceptors (Lipinski definition) is 2. The molecule has 0 saturated carbocycles. The van der Waals surface area contributed by atoms with Crippen molar-refractivity contribution in [1.29, 1.82) is 0 Å². The quantitative estimate of drug-likeness (QED) is 0.875. The van der Waals surface area contributed by atoms with E-state index in [1.54, 1.807) is 0 Å². The van der Waals surface area contributed by atoms with E-state index >= 15 is 0 Å². The highest BCUT2D eigenvalue weighted by molar-refractivity contribution is 6.42. The first-order chi connectivity index (χ1) is 7.68. The van der Waals surface area contributed by atoms with E-state index in [0.29, 0.717) is 10.0 Å². The average molecular weight is 260 g/mol. The van der Waals surface area contributed by atoms with Gasteiger partial charge in [0, 0.05) is 18.6 Å². The van der Waals surface area contributed by atoms with Gasteiger partial charge in [-0.15, -0.1) is 0 Å². The molecule has 1 aromatic carbocycles. The van der Waals surface area contributed by atoms with Gasteiger partial charge in [0.2, 0.25) is 0 Å². The molecule has 0 aromatic heterocycles. The smallest absolute Gasteiger partial charge is 0.0595 e. The number of aliphatic hydroxyl groups is 1. The Morgan fingerprint density at radius 1 is 1.31 bits per heavy atom. The Hall–Kier alpha value is -0.280. The highest BCUT2D eigenvalue weighted by Gasteiger charge is 2.35.